The van der Waals surface area contributed by atoms with E-state index < -0.39 is 12.4 Å². The second kappa shape index (κ2) is 2.15. The molecule has 0 aromatic carbocycles. The summed E-state index contributed by atoms with van der Waals surface area (Å²) in [4.78, 5) is 0. The van der Waals surface area contributed by atoms with Crippen LogP contribution in [0.25, 0.3) is 0 Å². The highest BCUT2D eigenvalue weighted by Crippen LogP contribution is 2.10. The summed E-state index contributed by atoms with van der Waals surface area (Å²) in [6.07, 6.45) is 2.05. The average Bonchev–Trinajstić information content (AvgIpc) is 2.12. The lowest BCUT2D eigenvalue weighted by Crippen LogP contribution is -2.23. The van der Waals surface area contributed by atoms with Crippen molar-refractivity contribution >= 4 is 0 Å². The average molecular weight is 116 g/mol. The standard InChI is InChI=1S/C5H8O3/c6-5(7)4-2-1-3-8-4/h1,3-7H,2H2. The van der Waals surface area contributed by atoms with Crippen LogP contribution in [0.5, 0.6) is 0 Å². The van der Waals surface area contributed by atoms with Gasteiger partial charge in [-0.2, -0.15) is 0 Å². The molecule has 0 amide bonds. The molecule has 2 N–H and O–H groups in total. The number of ether oxygens (including phenoxy) is 1. The van der Waals surface area contributed by atoms with Gasteiger partial charge in [0.05, 0.1) is 6.26 Å². The maximum Gasteiger partial charge on any atom is 0.189 e. The molecule has 1 atom stereocenters. The number of aliphatic hydroxyl groups excluding tert-OH is 1. The summed E-state index contributed by atoms with van der Waals surface area (Å²) >= 11 is 0. The number of hydrogen-bond acceptors (Lipinski definition) is 3. The maximum absolute atomic E-state index is 8.44. The number of rotatable bonds is 1. The van der Waals surface area contributed by atoms with Crippen molar-refractivity contribution in [2.75, 3.05) is 0 Å². The Balaban J connectivity index is 2.29. The predicted octanol–water partition coefficient (Wildman–Crippen LogP) is -0.400. The van der Waals surface area contributed by atoms with E-state index in [1.54, 1.807) is 6.08 Å². The molecule has 0 radical (unpaired) electrons. The van der Waals surface area contributed by atoms with E-state index in [0.717, 1.165) is 0 Å². The van der Waals surface area contributed by atoms with Crippen LogP contribution in [-0.4, -0.2) is 22.6 Å². The van der Waals surface area contributed by atoms with Gasteiger partial charge in [0, 0.05) is 6.42 Å². The van der Waals surface area contributed by atoms with Crippen molar-refractivity contribution in [1.82, 2.24) is 0 Å². The zero-order valence-electron chi connectivity index (χ0n) is 4.32. The second-order valence-corrected chi connectivity index (χ2v) is 1.70. The SMILES string of the molecule is OC(O)C1CC=CO1. The minimum atomic E-state index is -1.34. The molecule has 0 aromatic heterocycles. The highest BCUT2D eigenvalue weighted by atomic mass is 16.5. The zero-order valence-corrected chi connectivity index (χ0v) is 4.32. The monoisotopic (exact) mass is 116 g/mol. The molecule has 1 rings (SSSR count). The Morgan fingerprint density at radius 1 is 1.62 bits per heavy atom. The van der Waals surface area contributed by atoms with Crippen LogP contribution in [0, 0.1) is 0 Å². The van der Waals surface area contributed by atoms with Gasteiger partial charge in [-0.1, -0.05) is 0 Å². The smallest absolute Gasteiger partial charge is 0.189 e. The third-order valence-electron chi connectivity index (χ3n) is 1.05. The van der Waals surface area contributed by atoms with E-state index >= 15 is 0 Å². The van der Waals surface area contributed by atoms with E-state index in [-0.39, 0.29) is 0 Å². The summed E-state index contributed by atoms with van der Waals surface area (Å²) in [5, 5.41) is 16.9. The van der Waals surface area contributed by atoms with Crippen molar-refractivity contribution in [3.05, 3.63) is 12.3 Å². The summed E-state index contributed by atoms with van der Waals surface area (Å²) < 4.78 is 4.73. The Bertz CT molecular complexity index is 89.8. The first-order valence-corrected chi connectivity index (χ1v) is 2.47. The summed E-state index contributed by atoms with van der Waals surface area (Å²) in [5.41, 5.74) is 0. The summed E-state index contributed by atoms with van der Waals surface area (Å²) in [6.45, 7) is 0. The molecule has 0 bridgehead atoms. The summed E-state index contributed by atoms with van der Waals surface area (Å²) in [6, 6.07) is 0. The molecule has 0 aromatic rings. The van der Waals surface area contributed by atoms with E-state index in [4.69, 9.17) is 14.9 Å². The highest BCUT2D eigenvalue weighted by molar-refractivity contribution is 4.87. The van der Waals surface area contributed by atoms with Crippen LogP contribution in [0.3, 0.4) is 0 Å². The summed E-state index contributed by atoms with van der Waals surface area (Å²) in [5.74, 6) is 0. The molecule has 46 valence electrons. The fraction of sp³-hybridized carbons (Fsp3) is 0.600. The van der Waals surface area contributed by atoms with Crippen LogP contribution in [0.15, 0.2) is 12.3 Å². The van der Waals surface area contributed by atoms with Gasteiger partial charge in [0.2, 0.25) is 0 Å². The summed E-state index contributed by atoms with van der Waals surface area (Å²) in [7, 11) is 0. The molecule has 0 aliphatic carbocycles. The molecule has 3 nitrogen and oxygen atoms in total. The van der Waals surface area contributed by atoms with Crippen LogP contribution < -0.4 is 0 Å². The van der Waals surface area contributed by atoms with E-state index in [1.807, 2.05) is 0 Å². The van der Waals surface area contributed by atoms with Crippen molar-refractivity contribution in [3.63, 3.8) is 0 Å². The van der Waals surface area contributed by atoms with Crippen molar-refractivity contribution in [3.8, 4) is 0 Å². The van der Waals surface area contributed by atoms with E-state index in [9.17, 15) is 0 Å². The molecule has 1 aliphatic rings. The molecule has 1 unspecified atom stereocenters. The van der Waals surface area contributed by atoms with Gasteiger partial charge in [0.15, 0.2) is 12.4 Å². The van der Waals surface area contributed by atoms with Gasteiger partial charge >= 0.3 is 0 Å². The fourth-order valence-electron chi connectivity index (χ4n) is 0.594. The van der Waals surface area contributed by atoms with Gasteiger partial charge in [-0.3, -0.25) is 0 Å². The number of aliphatic hydroxyl groups is 2. The van der Waals surface area contributed by atoms with Gasteiger partial charge in [0.1, 0.15) is 0 Å². The third kappa shape index (κ3) is 0.993. The largest absolute Gasteiger partial charge is 0.493 e. The molecule has 1 aliphatic heterocycles. The van der Waals surface area contributed by atoms with Gasteiger partial charge in [-0.05, 0) is 6.08 Å². The maximum atomic E-state index is 8.44. The van der Waals surface area contributed by atoms with Gasteiger partial charge in [0.25, 0.3) is 0 Å². The molecule has 0 spiro atoms. The molecule has 0 saturated heterocycles. The van der Waals surface area contributed by atoms with Crippen molar-refractivity contribution < 1.29 is 14.9 Å². The van der Waals surface area contributed by atoms with Crippen LogP contribution in [0.2, 0.25) is 0 Å². The normalized spacial score (nSPS) is 26.6. The minimum Gasteiger partial charge on any atom is -0.493 e. The first-order chi connectivity index (χ1) is 3.80. The Labute approximate surface area is 47.2 Å². The van der Waals surface area contributed by atoms with Crippen LogP contribution in [0.4, 0.5) is 0 Å². The van der Waals surface area contributed by atoms with Gasteiger partial charge in [-0.25, -0.2) is 0 Å². The molecule has 0 saturated carbocycles. The quantitative estimate of drug-likeness (QED) is 0.458. The lowest BCUT2D eigenvalue weighted by Gasteiger charge is -2.10. The molecule has 3 heteroatoms. The van der Waals surface area contributed by atoms with Gasteiger partial charge < -0.3 is 14.9 Å². The Morgan fingerprint density at radius 2 is 2.38 bits per heavy atom. The van der Waals surface area contributed by atoms with Crippen LogP contribution >= 0.6 is 0 Å². The number of hydrogen-bond donors (Lipinski definition) is 2. The molecule has 8 heavy (non-hydrogen) atoms. The Morgan fingerprint density at radius 3 is 2.62 bits per heavy atom. The predicted molar refractivity (Wildman–Crippen MR) is 26.9 cm³/mol. The minimum absolute atomic E-state index is 0.435. The van der Waals surface area contributed by atoms with E-state index in [1.165, 1.54) is 6.26 Å². The van der Waals surface area contributed by atoms with Crippen molar-refractivity contribution in [2.24, 2.45) is 0 Å². The van der Waals surface area contributed by atoms with E-state index in [0.29, 0.717) is 6.42 Å². The van der Waals surface area contributed by atoms with Crippen LogP contribution in [0.1, 0.15) is 6.42 Å². The molecule has 1 heterocycles. The molecular weight excluding hydrogens is 108 g/mol. The molecular formula is C5H8O3. The van der Waals surface area contributed by atoms with Gasteiger partial charge in [-0.15, -0.1) is 0 Å². The van der Waals surface area contributed by atoms with Crippen molar-refractivity contribution in [1.29, 1.82) is 0 Å². The second-order valence-electron chi connectivity index (χ2n) is 1.70. The Hall–Kier alpha value is -0.540. The third-order valence-corrected chi connectivity index (χ3v) is 1.05. The van der Waals surface area contributed by atoms with Crippen molar-refractivity contribution in [2.45, 2.75) is 18.8 Å². The van der Waals surface area contributed by atoms with E-state index in [2.05, 4.69) is 0 Å². The molecule has 0 fully saturated rings. The highest BCUT2D eigenvalue weighted by Gasteiger charge is 2.17. The zero-order chi connectivity index (χ0) is 5.98. The first-order valence-electron chi connectivity index (χ1n) is 2.47. The van der Waals surface area contributed by atoms with Crippen LogP contribution in [-0.2, 0) is 4.74 Å². The fourth-order valence-corrected chi connectivity index (χ4v) is 0.594. The lowest BCUT2D eigenvalue weighted by atomic mass is 10.3. The Kier molecular flexibility index (Phi) is 1.50. The lowest BCUT2D eigenvalue weighted by molar-refractivity contribution is -0.117. The first kappa shape index (κ1) is 5.59. The topological polar surface area (TPSA) is 49.7 Å².